The normalized spacial score (nSPS) is 13.5. The Morgan fingerprint density at radius 1 is 1.09 bits per heavy atom. The number of benzene rings is 3. The Morgan fingerprint density at radius 2 is 1.82 bits per heavy atom. The molecular formula is C33H29ClFN7O3. The van der Waals surface area contributed by atoms with Gasteiger partial charge in [0.2, 0.25) is 11.7 Å². The topological polar surface area (TPSA) is 154 Å². The van der Waals surface area contributed by atoms with Gasteiger partial charge in [-0.1, -0.05) is 47.9 Å². The van der Waals surface area contributed by atoms with Crippen molar-refractivity contribution in [1.82, 2.24) is 14.9 Å². The smallest absolute Gasteiger partial charge is 0.267 e. The quantitative estimate of drug-likeness (QED) is 0.136. The zero-order valence-corrected chi connectivity index (χ0v) is 25.0. The minimum absolute atomic E-state index is 0.0170. The Bertz CT molecular complexity index is 1790. The molecule has 228 valence electrons. The van der Waals surface area contributed by atoms with Crippen LogP contribution in [0.1, 0.15) is 36.7 Å². The van der Waals surface area contributed by atoms with E-state index in [0.29, 0.717) is 33.2 Å². The van der Waals surface area contributed by atoms with Gasteiger partial charge in [0.1, 0.15) is 11.4 Å². The van der Waals surface area contributed by atoms with Crippen LogP contribution in [0, 0.1) is 28.0 Å². The van der Waals surface area contributed by atoms with Gasteiger partial charge >= 0.3 is 0 Å². The van der Waals surface area contributed by atoms with Crippen molar-refractivity contribution in [2.24, 2.45) is 10.9 Å². The Labute approximate surface area is 264 Å². The monoisotopic (exact) mass is 625 g/mol. The van der Waals surface area contributed by atoms with Gasteiger partial charge in [0.15, 0.2) is 5.82 Å². The minimum atomic E-state index is -0.857. The van der Waals surface area contributed by atoms with Crippen LogP contribution in [0.5, 0.6) is 0 Å². The van der Waals surface area contributed by atoms with E-state index in [1.165, 1.54) is 6.07 Å². The first-order valence-corrected chi connectivity index (χ1v) is 14.3. The first-order valence-electron chi connectivity index (χ1n) is 13.9. The number of aromatic nitrogens is 2. The summed E-state index contributed by atoms with van der Waals surface area (Å²) in [4.78, 5) is 44.3. The number of nitrogens with zero attached hydrogens (tertiary/aromatic N) is 4. The minimum Gasteiger partial charge on any atom is -0.376 e. The van der Waals surface area contributed by atoms with Crippen LogP contribution in [0.25, 0.3) is 11.1 Å². The van der Waals surface area contributed by atoms with Crippen molar-refractivity contribution in [3.8, 4) is 23.0 Å². The Kier molecular flexibility index (Phi) is 11.0. The Morgan fingerprint density at radius 3 is 2.49 bits per heavy atom. The number of hydrogen-bond donors (Lipinski definition) is 3. The third kappa shape index (κ3) is 8.34. The number of rotatable bonds is 7. The molecule has 0 saturated carbocycles. The first-order chi connectivity index (χ1) is 21.7. The number of amides is 2. The summed E-state index contributed by atoms with van der Waals surface area (Å²) in [6, 6.07) is 18.2. The van der Waals surface area contributed by atoms with Gasteiger partial charge in [-0.2, -0.15) is 0 Å². The molecule has 1 aromatic heterocycles. The number of halogens is 2. The van der Waals surface area contributed by atoms with Crippen LogP contribution in [0.4, 0.5) is 15.8 Å². The Balaban J connectivity index is 0.000000242. The molecule has 0 radical (unpaired) electrons. The maximum Gasteiger partial charge on any atom is 0.267 e. The number of hydrogen-bond acceptors (Lipinski definition) is 8. The van der Waals surface area contributed by atoms with E-state index in [2.05, 4.69) is 32.3 Å². The SMILES string of the molecule is CC1CCCN1C(=O)CNc1ccc(C#Cc2ncccn2)cc1C(=N)C(N)=O.O=Nc1cccc(-c2ccccc2Cl)c1F. The highest BCUT2D eigenvalue weighted by Crippen LogP contribution is 2.33. The summed E-state index contributed by atoms with van der Waals surface area (Å²) in [5.41, 5.74) is 6.92. The van der Waals surface area contributed by atoms with Crippen molar-refractivity contribution < 1.29 is 14.0 Å². The zero-order valence-electron chi connectivity index (χ0n) is 24.3. The molecule has 3 aromatic carbocycles. The molecule has 2 amide bonds. The maximum atomic E-state index is 13.8. The van der Waals surface area contributed by atoms with E-state index < -0.39 is 11.7 Å². The second-order valence-electron chi connectivity index (χ2n) is 9.96. The van der Waals surface area contributed by atoms with E-state index in [1.807, 2.05) is 11.8 Å². The number of likely N-dealkylation sites (tertiary alicyclic amines) is 1. The summed E-state index contributed by atoms with van der Waals surface area (Å²) in [6.07, 6.45) is 5.19. The van der Waals surface area contributed by atoms with Gasteiger partial charge < -0.3 is 16.0 Å². The van der Waals surface area contributed by atoms with Crippen LogP contribution in [-0.4, -0.2) is 51.5 Å². The van der Waals surface area contributed by atoms with Gasteiger partial charge in [0.05, 0.1) is 6.54 Å². The lowest BCUT2D eigenvalue weighted by Gasteiger charge is -2.22. The fourth-order valence-corrected chi connectivity index (χ4v) is 4.90. The lowest BCUT2D eigenvalue weighted by Crippen LogP contribution is -2.37. The number of nitroso groups, excluding NO2 is 1. The number of primary amides is 1. The molecule has 1 atom stereocenters. The highest BCUT2D eigenvalue weighted by Gasteiger charge is 2.25. The summed E-state index contributed by atoms with van der Waals surface area (Å²) in [6.45, 7) is 2.86. The molecule has 45 heavy (non-hydrogen) atoms. The third-order valence-corrected chi connectivity index (χ3v) is 7.29. The fourth-order valence-electron chi connectivity index (χ4n) is 4.66. The summed E-state index contributed by atoms with van der Waals surface area (Å²) in [5.74, 6) is 4.58. The van der Waals surface area contributed by atoms with Gasteiger partial charge in [0.25, 0.3) is 5.91 Å². The van der Waals surface area contributed by atoms with Crippen LogP contribution in [-0.2, 0) is 9.59 Å². The van der Waals surface area contributed by atoms with Gasteiger partial charge in [0, 0.05) is 57.9 Å². The molecule has 1 aliphatic heterocycles. The molecule has 0 aliphatic carbocycles. The van der Waals surface area contributed by atoms with E-state index in [1.54, 1.807) is 73.1 Å². The van der Waals surface area contributed by atoms with Crippen LogP contribution < -0.4 is 11.1 Å². The highest BCUT2D eigenvalue weighted by atomic mass is 35.5. The molecule has 4 aromatic rings. The van der Waals surface area contributed by atoms with Crippen LogP contribution in [0.15, 0.2) is 84.3 Å². The van der Waals surface area contributed by atoms with Crippen molar-refractivity contribution in [2.45, 2.75) is 25.8 Å². The number of carbonyl (C=O) groups excluding carboxylic acids is 2. The molecule has 1 fully saturated rings. The predicted octanol–water partition coefficient (Wildman–Crippen LogP) is 5.70. The molecule has 2 heterocycles. The fraction of sp³-hybridized carbons (Fsp3) is 0.182. The van der Waals surface area contributed by atoms with Crippen LogP contribution in [0.3, 0.4) is 0 Å². The van der Waals surface area contributed by atoms with Crippen molar-refractivity contribution in [1.29, 1.82) is 5.41 Å². The number of nitrogens with two attached hydrogens (primary N) is 1. The largest absolute Gasteiger partial charge is 0.376 e. The third-order valence-electron chi connectivity index (χ3n) is 6.96. The lowest BCUT2D eigenvalue weighted by atomic mass is 10.0. The molecule has 1 unspecified atom stereocenters. The molecular weight excluding hydrogens is 597 g/mol. The number of anilines is 1. The van der Waals surface area contributed by atoms with Crippen molar-refractivity contribution in [3.05, 3.63) is 112 Å². The van der Waals surface area contributed by atoms with Gasteiger partial charge in [-0.3, -0.25) is 15.0 Å². The van der Waals surface area contributed by atoms with E-state index in [0.717, 1.165) is 19.4 Å². The van der Waals surface area contributed by atoms with E-state index in [4.69, 9.17) is 22.7 Å². The predicted molar refractivity (Wildman–Crippen MR) is 172 cm³/mol. The van der Waals surface area contributed by atoms with E-state index in [-0.39, 0.29) is 35.5 Å². The van der Waals surface area contributed by atoms with Gasteiger partial charge in [-0.05, 0) is 67.3 Å². The molecule has 5 rings (SSSR count). The molecule has 0 bridgehead atoms. The van der Waals surface area contributed by atoms with Crippen LogP contribution >= 0.6 is 11.6 Å². The molecule has 4 N–H and O–H groups in total. The summed E-state index contributed by atoms with van der Waals surface area (Å²) >= 11 is 5.95. The average molecular weight is 626 g/mol. The first kappa shape index (κ1) is 32.4. The molecule has 10 nitrogen and oxygen atoms in total. The van der Waals surface area contributed by atoms with Crippen molar-refractivity contribution in [2.75, 3.05) is 18.4 Å². The van der Waals surface area contributed by atoms with Crippen molar-refractivity contribution in [3.63, 3.8) is 0 Å². The zero-order chi connectivity index (χ0) is 32.3. The average Bonchev–Trinajstić information content (AvgIpc) is 3.49. The van der Waals surface area contributed by atoms with Gasteiger partial charge in [-0.25, -0.2) is 14.4 Å². The Hall–Kier alpha value is -5.47. The number of carbonyl (C=O) groups is 2. The number of nitrogens with one attached hydrogen (secondary N) is 2. The molecule has 0 spiro atoms. The summed E-state index contributed by atoms with van der Waals surface area (Å²) in [7, 11) is 0. The maximum absolute atomic E-state index is 13.8. The highest BCUT2D eigenvalue weighted by molar-refractivity contribution is 6.44. The van der Waals surface area contributed by atoms with E-state index in [9.17, 15) is 18.9 Å². The molecule has 12 heteroatoms. The second kappa shape index (κ2) is 15.3. The van der Waals surface area contributed by atoms with Crippen molar-refractivity contribution >= 4 is 40.5 Å². The lowest BCUT2D eigenvalue weighted by molar-refractivity contribution is -0.129. The summed E-state index contributed by atoms with van der Waals surface area (Å²) < 4.78 is 13.8. The van der Waals surface area contributed by atoms with Gasteiger partial charge in [-0.15, -0.1) is 4.91 Å². The van der Waals surface area contributed by atoms with Crippen LogP contribution in [0.2, 0.25) is 5.02 Å². The molecule has 1 saturated heterocycles. The second-order valence-corrected chi connectivity index (χ2v) is 10.4. The summed E-state index contributed by atoms with van der Waals surface area (Å²) in [5, 5.41) is 14.1. The standard InChI is InChI=1S/C21H22N6O2.C12H7ClFNO/c1-14-4-2-11-27(14)19(28)13-26-17-7-5-15(12-16(17)20(22)21(23)29)6-8-18-24-9-3-10-25-18;13-10-6-2-1-4-8(10)9-5-3-7-11(15-16)12(9)14/h3,5,7,9-10,12,14,22,26H,2,4,11,13H2,1H3,(H2,23,29);1-7H. The molecule has 1 aliphatic rings. The van der Waals surface area contributed by atoms with E-state index >= 15 is 0 Å².